The molecule has 0 N–H and O–H groups in total. The van der Waals surface area contributed by atoms with Gasteiger partial charge < -0.3 is 14.3 Å². The van der Waals surface area contributed by atoms with Gasteiger partial charge in [0.2, 0.25) is 0 Å². The molecule has 5 nitrogen and oxygen atoms in total. The summed E-state index contributed by atoms with van der Waals surface area (Å²) in [5.41, 5.74) is 1.84. The summed E-state index contributed by atoms with van der Waals surface area (Å²) in [7, 11) is 2.61. The fourth-order valence-electron chi connectivity index (χ4n) is 2.24. The number of halogens is 2. The van der Waals surface area contributed by atoms with E-state index in [4.69, 9.17) is 25.9 Å². The van der Waals surface area contributed by atoms with Crippen molar-refractivity contribution in [2.45, 2.75) is 6.61 Å². The van der Waals surface area contributed by atoms with Crippen LogP contribution in [0.1, 0.15) is 16.7 Å². The molecular weight excluding hydrogens is 361 g/mol. The zero-order valence-electron chi connectivity index (χ0n) is 14.2. The van der Waals surface area contributed by atoms with Crippen LogP contribution in [0.4, 0.5) is 4.39 Å². The minimum atomic E-state index is -0.814. The molecule has 0 fully saturated rings. The van der Waals surface area contributed by atoms with E-state index in [1.807, 2.05) is 6.07 Å². The lowest BCUT2D eigenvalue weighted by atomic mass is 10.0. The van der Waals surface area contributed by atoms with Crippen LogP contribution in [0.5, 0.6) is 5.75 Å². The summed E-state index contributed by atoms with van der Waals surface area (Å²) in [5, 5.41) is 2.94. The maximum atomic E-state index is 12.8. The lowest BCUT2D eigenvalue weighted by Crippen LogP contribution is -2.19. The minimum Gasteiger partial charge on any atom is -0.489 e. The number of oxime groups is 1. The predicted octanol–water partition coefficient (Wildman–Crippen LogP) is 4.30. The predicted molar refractivity (Wildman–Crippen MR) is 97.7 cm³/mol. The van der Waals surface area contributed by atoms with Crippen LogP contribution < -0.4 is 4.74 Å². The number of benzene rings is 2. The van der Waals surface area contributed by atoms with E-state index in [0.29, 0.717) is 22.4 Å². The smallest absolute Gasteiger partial charge is 0.360 e. The highest BCUT2D eigenvalue weighted by Gasteiger charge is 2.19. The fourth-order valence-corrected chi connectivity index (χ4v) is 2.37. The molecule has 0 atom stereocenters. The van der Waals surface area contributed by atoms with Gasteiger partial charge in [-0.25, -0.2) is 4.79 Å². The number of carbonyl (C=O) groups excluding carboxylic acids is 1. The Hall–Kier alpha value is -2.86. The maximum Gasteiger partial charge on any atom is 0.360 e. The van der Waals surface area contributed by atoms with Crippen molar-refractivity contribution in [3.8, 4) is 5.75 Å². The van der Waals surface area contributed by atoms with Gasteiger partial charge >= 0.3 is 5.97 Å². The van der Waals surface area contributed by atoms with E-state index in [0.717, 1.165) is 0 Å². The topological polar surface area (TPSA) is 57.1 Å². The van der Waals surface area contributed by atoms with E-state index in [1.54, 1.807) is 42.5 Å². The molecule has 136 valence electrons. The summed E-state index contributed by atoms with van der Waals surface area (Å²) >= 11 is 5.25. The van der Waals surface area contributed by atoms with Crippen LogP contribution in [0.15, 0.2) is 59.0 Å². The highest BCUT2D eigenvalue weighted by atomic mass is 35.5. The van der Waals surface area contributed by atoms with Gasteiger partial charge in [0.1, 0.15) is 19.5 Å². The summed E-state index contributed by atoms with van der Waals surface area (Å²) in [4.78, 5) is 16.7. The van der Waals surface area contributed by atoms with Gasteiger partial charge in [0.05, 0.1) is 7.11 Å². The molecule has 2 rings (SSSR count). The van der Waals surface area contributed by atoms with E-state index in [1.165, 1.54) is 20.3 Å². The van der Waals surface area contributed by atoms with Crippen LogP contribution in [-0.4, -0.2) is 25.9 Å². The second kappa shape index (κ2) is 9.58. The van der Waals surface area contributed by atoms with Gasteiger partial charge in [0, 0.05) is 5.56 Å². The zero-order chi connectivity index (χ0) is 18.9. The Morgan fingerprint density at radius 1 is 1.19 bits per heavy atom. The van der Waals surface area contributed by atoms with Crippen LogP contribution in [0.2, 0.25) is 0 Å². The van der Waals surface area contributed by atoms with Crippen molar-refractivity contribution in [2.75, 3.05) is 14.2 Å². The molecule has 0 aliphatic heterocycles. The molecule has 0 unspecified atom stereocenters. The third-order valence-electron chi connectivity index (χ3n) is 3.36. The van der Waals surface area contributed by atoms with Crippen molar-refractivity contribution < 1.29 is 23.5 Å². The highest BCUT2D eigenvalue weighted by Crippen LogP contribution is 2.20. The molecule has 0 radical (unpaired) electrons. The SMILES string of the molecule is CO/N=C(/C(=O)OC)c1ccccc1COc1cccc(C=C(F)Cl)c1. The van der Waals surface area contributed by atoms with Gasteiger partial charge in [-0.1, -0.05) is 53.2 Å². The second-order valence-corrected chi connectivity index (χ2v) is 5.43. The molecular formula is C19H17ClFNO4. The number of hydrogen-bond donors (Lipinski definition) is 0. The number of carbonyl (C=O) groups is 1. The number of rotatable bonds is 7. The number of esters is 1. The summed E-state index contributed by atoms with van der Waals surface area (Å²) in [6.45, 7) is 0.159. The first-order valence-electron chi connectivity index (χ1n) is 7.58. The van der Waals surface area contributed by atoms with Crippen LogP contribution >= 0.6 is 11.6 Å². The minimum absolute atomic E-state index is 0.0371. The van der Waals surface area contributed by atoms with Crippen LogP contribution in [0, 0.1) is 0 Å². The summed E-state index contributed by atoms with van der Waals surface area (Å²) in [6.07, 6.45) is 1.18. The number of methoxy groups -OCH3 is 1. The Balaban J connectivity index is 2.25. The molecule has 0 bridgehead atoms. The maximum absolute atomic E-state index is 12.8. The van der Waals surface area contributed by atoms with E-state index < -0.39 is 11.3 Å². The van der Waals surface area contributed by atoms with Crippen molar-refractivity contribution in [3.05, 3.63) is 70.5 Å². The Morgan fingerprint density at radius 3 is 2.65 bits per heavy atom. The van der Waals surface area contributed by atoms with Gasteiger partial charge in [-0.15, -0.1) is 0 Å². The normalized spacial score (nSPS) is 11.8. The fraction of sp³-hybridized carbons (Fsp3) is 0.158. The first-order chi connectivity index (χ1) is 12.5. The van der Waals surface area contributed by atoms with Gasteiger partial charge in [-0.2, -0.15) is 4.39 Å². The summed E-state index contributed by atoms with van der Waals surface area (Å²) in [5.74, 6) is -0.0983. The molecule has 0 aromatic heterocycles. The van der Waals surface area contributed by atoms with Crippen LogP contribution in [0.25, 0.3) is 6.08 Å². The lowest BCUT2D eigenvalue weighted by Gasteiger charge is -2.12. The van der Waals surface area contributed by atoms with E-state index in [9.17, 15) is 9.18 Å². The van der Waals surface area contributed by atoms with Crippen molar-refractivity contribution in [1.82, 2.24) is 0 Å². The molecule has 0 aliphatic rings. The Bertz CT molecular complexity index is 832. The van der Waals surface area contributed by atoms with Crippen molar-refractivity contribution in [1.29, 1.82) is 0 Å². The molecule has 2 aromatic carbocycles. The second-order valence-electron chi connectivity index (χ2n) is 5.07. The molecule has 0 saturated carbocycles. The Morgan fingerprint density at radius 2 is 1.96 bits per heavy atom. The number of ether oxygens (including phenoxy) is 2. The molecule has 7 heteroatoms. The molecule has 2 aromatic rings. The van der Waals surface area contributed by atoms with Gasteiger partial charge in [0.15, 0.2) is 11.0 Å². The van der Waals surface area contributed by atoms with E-state index in [-0.39, 0.29) is 12.3 Å². The summed E-state index contributed by atoms with van der Waals surface area (Å²) < 4.78 is 23.3. The van der Waals surface area contributed by atoms with Crippen LogP contribution in [0.3, 0.4) is 0 Å². The number of hydrogen-bond acceptors (Lipinski definition) is 5. The summed E-state index contributed by atoms with van der Waals surface area (Å²) in [6, 6.07) is 13.9. The first-order valence-corrected chi connectivity index (χ1v) is 7.96. The van der Waals surface area contributed by atoms with E-state index >= 15 is 0 Å². The molecule has 0 saturated heterocycles. The van der Waals surface area contributed by atoms with Crippen molar-refractivity contribution in [3.63, 3.8) is 0 Å². The van der Waals surface area contributed by atoms with Gasteiger partial charge in [-0.3, -0.25) is 0 Å². The third-order valence-corrected chi connectivity index (χ3v) is 3.47. The first kappa shape index (κ1) is 19.5. The quantitative estimate of drug-likeness (QED) is 0.410. The largest absolute Gasteiger partial charge is 0.489 e. The standard InChI is InChI=1S/C19H17ClFNO4/c1-24-19(23)18(22-25-2)16-9-4-3-7-14(16)12-26-15-8-5-6-13(10-15)11-17(20)21/h3-11H,12H2,1-2H3/b17-11?,22-18+. The molecule has 26 heavy (non-hydrogen) atoms. The average molecular weight is 378 g/mol. The van der Waals surface area contributed by atoms with Gasteiger partial charge in [0.25, 0.3) is 0 Å². The average Bonchev–Trinajstić information content (AvgIpc) is 2.64. The molecule has 0 aliphatic carbocycles. The monoisotopic (exact) mass is 377 g/mol. The van der Waals surface area contributed by atoms with Crippen molar-refractivity contribution in [2.24, 2.45) is 5.16 Å². The van der Waals surface area contributed by atoms with E-state index in [2.05, 4.69) is 5.16 Å². The third kappa shape index (κ3) is 5.32. The zero-order valence-corrected chi connectivity index (χ0v) is 15.0. The Labute approximate surface area is 155 Å². The molecule has 0 heterocycles. The lowest BCUT2D eigenvalue weighted by molar-refractivity contribution is -0.132. The van der Waals surface area contributed by atoms with Crippen LogP contribution in [-0.2, 0) is 21.0 Å². The number of nitrogens with zero attached hydrogens (tertiary/aromatic N) is 1. The molecule has 0 spiro atoms. The van der Waals surface area contributed by atoms with Crippen molar-refractivity contribution >= 4 is 29.4 Å². The highest BCUT2D eigenvalue weighted by molar-refractivity contribution is 6.43. The molecule has 0 amide bonds. The van der Waals surface area contributed by atoms with Gasteiger partial charge in [-0.05, 0) is 29.3 Å². The Kier molecular flexibility index (Phi) is 7.17.